The zero-order valence-electron chi connectivity index (χ0n) is 18.6. The highest BCUT2D eigenvalue weighted by molar-refractivity contribution is 7.70. The Balaban J connectivity index is 1.55. The van der Waals surface area contributed by atoms with Gasteiger partial charge in [0.25, 0.3) is 0 Å². The Morgan fingerprint density at radius 3 is 2.61 bits per heavy atom. The summed E-state index contributed by atoms with van der Waals surface area (Å²) in [6.07, 6.45) is -5.46. The molecule has 1 fully saturated rings. The molecule has 17 heteroatoms. The Morgan fingerprint density at radius 1 is 1.25 bits per heavy atom. The molecule has 13 nitrogen and oxygen atoms in total. The van der Waals surface area contributed by atoms with E-state index in [1.54, 1.807) is 0 Å². The molecule has 6 atom stereocenters. The molecular weight excluding hydrogens is 543 g/mol. The third kappa shape index (κ3) is 6.10. The van der Waals surface area contributed by atoms with Crippen molar-refractivity contribution in [2.24, 2.45) is 0 Å². The van der Waals surface area contributed by atoms with Gasteiger partial charge < -0.3 is 34.4 Å². The molecule has 1 saturated heterocycles. The summed E-state index contributed by atoms with van der Waals surface area (Å²) in [5.41, 5.74) is 1.33. The SMILES string of the molecule is CC(Nc1nc(Cl)nc2c1ncn2[C@@H]1O[C@H](COP(=O)(O)CP(=O)(O)O)[C@@H](O)[C@@H]1F)c1ccccc1. The summed E-state index contributed by atoms with van der Waals surface area (Å²) in [5.74, 6) is -1.14. The number of rotatable bonds is 9. The molecule has 0 spiro atoms. The lowest BCUT2D eigenvalue weighted by Gasteiger charge is -2.18. The number of halogens is 2. The largest absolute Gasteiger partial charge is 0.387 e. The van der Waals surface area contributed by atoms with Gasteiger partial charge in [0.1, 0.15) is 12.2 Å². The van der Waals surface area contributed by atoms with Gasteiger partial charge in [-0.2, -0.15) is 9.97 Å². The molecule has 0 saturated carbocycles. The fourth-order valence-electron chi connectivity index (χ4n) is 3.74. The highest BCUT2D eigenvalue weighted by Gasteiger charge is 2.47. The van der Waals surface area contributed by atoms with Crippen molar-refractivity contribution < 1.29 is 42.6 Å². The number of anilines is 1. The number of benzene rings is 1. The predicted octanol–water partition coefficient (Wildman–Crippen LogP) is 2.59. The minimum Gasteiger partial charge on any atom is -0.387 e. The van der Waals surface area contributed by atoms with Crippen molar-refractivity contribution in [3.63, 3.8) is 0 Å². The first-order valence-corrected chi connectivity index (χ1v) is 14.5. The van der Waals surface area contributed by atoms with E-state index in [2.05, 4.69) is 24.8 Å². The molecule has 0 aliphatic carbocycles. The van der Waals surface area contributed by atoms with Gasteiger partial charge in [-0.3, -0.25) is 13.7 Å². The molecule has 2 aromatic heterocycles. The van der Waals surface area contributed by atoms with E-state index in [0.29, 0.717) is 0 Å². The number of imidazole rings is 1. The summed E-state index contributed by atoms with van der Waals surface area (Å²) in [5, 5.41) is 13.3. The van der Waals surface area contributed by atoms with Gasteiger partial charge in [-0.1, -0.05) is 30.3 Å². The minimum absolute atomic E-state index is 0.105. The second-order valence-electron chi connectivity index (χ2n) is 8.18. The van der Waals surface area contributed by atoms with Gasteiger partial charge in [0.2, 0.25) is 5.28 Å². The van der Waals surface area contributed by atoms with Crippen molar-refractivity contribution in [3.05, 3.63) is 47.5 Å². The van der Waals surface area contributed by atoms with Crippen LogP contribution >= 0.6 is 26.8 Å². The Kier molecular flexibility index (Phi) is 7.82. The second-order valence-corrected chi connectivity index (χ2v) is 12.5. The number of ether oxygens (including phenoxy) is 1. The third-order valence-electron chi connectivity index (χ3n) is 5.42. The number of alkyl halides is 1. The smallest absolute Gasteiger partial charge is 0.340 e. The van der Waals surface area contributed by atoms with Crippen LogP contribution in [0.25, 0.3) is 11.2 Å². The molecule has 4 rings (SSSR count). The molecule has 196 valence electrons. The average Bonchev–Trinajstić information content (AvgIpc) is 3.32. The Labute approximate surface area is 209 Å². The zero-order chi connectivity index (χ0) is 26.3. The maximum Gasteiger partial charge on any atom is 0.340 e. The lowest BCUT2D eigenvalue weighted by Crippen LogP contribution is -2.31. The number of nitrogens with one attached hydrogen (secondary N) is 1. The summed E-state index contributed by atoms with van der Waals surface area (Å²) in [6, 6.07) is 9.31. The third-order valence-corrected chi connectivity index (χ3v) is 9.04. The fourth-order valence-corrected chi connectivity index (χ4v) is 6.47. The van der Waals surface area contributed by atoms with Crippen molar-refractivity contribution in [1.82, 2.24) is 19.5 Å². The van der Waals surface area contributed by atoms with Crippen LogP contribution in [0.15, 0.2) is 36.7 Å². The van der Waals surface area contributed by atoms with E-state index in [4.69, 9.17) is 26.1 Å². The van der Waals surface area contributed by atoms with Gasteiger partial charge in [-0.05, 0) is 24.1 Å². The molecule has 1 aliphatic rings. The molecule has 3 heterocycles. The first-order chi connectivity index (χ1) is 16.8. The van der Waals surface area contributed by atoms with Crippen LogP contribution in [0.2, 0.25) is 5.28 Å². The number of hydrogen-bond acceptors (Lipinski definition) is 9. The number of aliphatic hydroxyl groups excluding tert-OH is 1. The normalized spacial score (nSPS) is 25.1. The average molecular weight is 566 g/mol. The van der Waals surface area contributed by atoms with Gasteiger partial charge in [-0.15, -0.1) is 0 Å². The van der Waals surface area contributed by atoms with E-state index < -0.39 is 52.3 Å². The summed E-state index contributed by atoms with van der Waals surface area (Å²) in [4.78, 5) is 40.0. The highest BCUT2D eigenvalue weighted by Crippen LogP contribution is 2.55. The Bertz CT molecular complexity index is 1330. The van der Waals surface area contributed by atoms with E-state index in [9.17, 15) is 19.1 Å². The molecular formula is C19H23ClFN5O8P2. The standard InChI is InChI=1S/C19H23ClFN5O8P2/c1-10(11-5-3-2-4-6-11)23-16-14-17(25-19(20)24-16)26(8-22-14)18-13(21)15(27)12(34-18)7-33-36(31,32)9-35(28,29)30/h2-6,8,10,12-13,15,18,27H,7,9H2,1H3,(H,31,32)(H,23,24,25)(H2,28,29,30)/t10?,12-,13+,15-,18-/m1/s1. The minimum atomic E-state index is -4.86. The van der Waals surface area contributed by atoms with Crippen LogP contribution in [0.3, 0.4) is 0 Å². The van der Waals surface area contributed by atoms with Crippen LogP contribution in [0.5, 0.6) is 0 Å². The van der Waals surface area contributed by atoms with Gasteiger partial charge in [-0.25, -0.2) is 9.37 Å². The van der Waals surface area contributed by atoms with Crippen molar-refractivity contribution >= 4 is 43.8 Å². The molecule has 3 aromatic rings. The summed E-state index contributed by atoms with van der Waals surface area (Å²) in [6.45, 7) is 1.11. The number of hydrogen-bond donors (Lipinski definition) is 5. The molecule has 1 aliphatic heterocycles. The summed E-state index contributed by atoms with van der Waals surface area (Å²) >= 11 is 6.11. The topological polar surface area (TPSA) is 189 Å². The quantitative estimate of drug-likeness (QED) is 0.189. The maximum atomic E-state index is 15.0. The Hall–Kier alpha value is -1.99. The van der Waals surface area contributed by atoms with Crippen molar-refractivity contribution in [3.8, 4) is 0 Å². The van der Waals surface area contributed by atoms with Crippen LogP contribution in [-0.2, 0) is 18.4 Å². The van der Waals surface area contributed by atoms with E-state index in [1.165, 1.54) is 10.9 Å². The first-order valence-electron chi connectivity index (χ1n) is 10.5. The summed E-state index contributed by atoms with van der Waals surface area (Å²) < 4.78 is 49.3. The first kappa shape index (κ1) is 27.1. The van der Waals surface area contributed by atoms with Crippen LogP contribution in [0, 0.1) is 0 Å². The van der Waals surface area contributed by atoms with Gasteiger partial charge >= 0.3 is 15.2 Å². The van der Waals surface area contributed by atoms with Crippen molar-refractivity contribution in [2.45, 2.75) is 37.6 Å². The van der Waals surface area contributed by atoms with Crippen LogP contribution in [0.4, 0.5) is 10.2 Å². The number of aliphatic hydroxyl groups is 1. The van der Waals surface area contributed by atoms with Gasteiger partial charge in [0.05, 0.1) is 19.0 Å². The van der Waals surface area contributed by atoms with E-state index in [1.807, 2.05) is 37.3 Å². The molecule has 0 bridgehead atoms. The van der Waals surface area contributed by atoms with Gasteiger partial charge in [0, 0.05) is 0 Å². The maximum absolute atomic E-state index is 15.0. The van der Waals surface area contributed by atoms with Crippen molar-refractivity contribution in [1.29, 1.82) is 0 Å². The monoisotopic (exact) mass is 565 g/mol. The Morgan fingerprint density at radius 2 is 1.94 bits per heavy atom. The lowest BCUT2D eigenvalue weighted by molar-refractivity contribution is -0.0425. The van der Waals surface area contributed by atoms with E-state index in [0.717, 1.165) is 5.56 Å². The van der Waals surface area contributed by atoms with Crippen LogP contribution in [0.1, 0.15) is 24.8 Å². The number of nitrogens with zero attached hydrogens (tertiary/aromatic N) is 4. The number of aromatic nitrogens is 4. The molecule has 0 amide bonds. The highest BCUT2D eigenvalue weighted by atomic mass is 35.5. The molecule has 0 radical (unpaired) electrons. The van der Waals surface area contributed by atoms with E-state index in [-0.39, 0.29) is 28.3 Å². The molecule has 36 heavy (non-hydrogen) atoms. The second kappa shape index (κ2) is 10.4. The fraction of sp³-hybridized carbons (Fsp3) is 0.421. The zero-order valence-corrected chi connectivity index (χ0v) is 21.2. The van der Waals surface area contributed by atoms with E-state index >= 15 is 4.39 Å². The van der Waals surface area contributed by atoms with Crippen LogP contribution in [-0.4, -0.2) is 70.2 Å². The molecule has 5 N–H and O–H groups in total. The molecule has 2 unspecified atom stereocenters. The number of fused-ring (bicyclic) bond motifs is 1. The summed E-state index contributed by atoms with van der Waals surface area (Å²) in [7, 11) is -9.58. The molecule has 1 aromatic carbocycles. The lowest BCUT2D eigenvalue weighted by atomic mass is 10.1. The predicted molar refractivity (Wildman–Crippen MR) is 126 cm³/mol. The van der Waals surface area contributed by atoms with Gasteiger partial charge in [0.15, 0.2) is 35.3 Å². The van der Waals surface area contributed by atoms with Crippen molar-refractivity contribution in [2.75, 3.05) is 17.8 Å². The van der Waals surface area contributed by atoms with Crippen LogP contribution < -0.4 is 5.32 Å².